The Labute approximate surface area is 327 Å². The Bertz CT molecular complexity index is 1110. The number of hydrogen-bond donors (Lipinski definition) is 7. The molecule has 1 aliphatic rings. The van der Waals surface area contributed by atoms with Gasteiger partial charge in [-0.15, -0.1) is 0 Å². The number of halogens is 3. The number of unbranched alkanes of at least 4 members (excludes halogenated alkanes) is 18. The fourth-order valence-corrected chi connectivity index (χ4v) is 7.08. The highest BCUT2D eigenvalue weighted by Crippen LogP contribution is 2.29. The summed E-state index contributed by atoms with van der Waals surface area (Å²) in [5, 5.41) is 64.9. The number of aliphatic hydroxyl groups is 6. The fourth-order valence-electron chi connectivity index (χ4n) is 7.08. The Morgan fingerprint density at radius 3 is 1.78 bits per heavy atom. The van der Waals surface area contributed by atoms with Crippen LogP contribution in [-0.2, 0) is 26.9 Å². The Hall–Kier alpha value is -1.84. The number of alkyl halides is 3. The molecule has 0 radical (unpaired) electrons. The molecular weight excluding hydrogens is 719 g/mol. The van der Waals surface area contributed by atoms with E-state index in [2.05, 4.69) is 12.2 Å². The second kappa shape index (κ2) is 28.5. The quantitative estimate of drug-likeness (QED) is 0.0397. The van der Waals surface area contributed by atoms with Gasteiger partial charge in [-0.25, -0.2) is 0 Å². The predicted molar refractivity (Wildman–Crippen MR) is 206 cm³/mol. The van der Waals surface area contributed by atoms with Crippen molar-refractivity contribution >= 4 is 5.91 Å². The number of aryl methyl sites for hydroxylation is 1. The number of carbonyl (C=O) groups is 1. The van der Waals surface area contributed by atoms with Crippen molar-refractivity contribution in [2.24, 2.45) is 0 Å². The number of nitrogens with one attached hydrogen (secondary N) is 1. The summed E-state index contributed by atoms with van der Waals surface area (Å²) < 4.78 is 49.3. The number of hydrogen-bond acceptors (Lipinski definition) is 9. The van der Waals surface area contributed by atoms with Gasteiger partial charge in [0.1, 0.15) is 30.5 Å². The smallest absolute Gasteiger partial charge is 0.394 e. The first-order valence-corrected chi connectivity index (χ1v) is 21.1. The number of amides is 1. The van der Waals surface area contributed by atoms with Gasteiger partial charge in [-0.1, -0.05) is 135 Å². The number of aliphatic hydroxyl groups excluding tert-OH is 6. The monoisotopic (exact) mass is 792 g/mol. The van der Waals surface area contributed by atoms with E-state index in [-0.39, 0.29) is 18.9 Å². The van der Waals surface area contributed by atoms with Gasteiger partial charge >= 0.3 is 6.18 Å². The second-order valence-electron chi connectivity index (χ2n) is 15.5. The average Bonchev–Trinajstić information content (AvgIpc) is 3.16. The third-order valence-electron chi connectivity index (χ3n) is 10.7. The molecule has 0 saturated carbocycles. The van der Waals surface area contributed by atoms with Gasteiger partial charge < -0.3 is 45.4 Å². The van der Waals surface area contributed by atoms with Crippen molar-refractivity contribution in [3.8, 4) is 0 Å². The van der Waals surface area contributed by atoms with E-state index in [0.29, 0.717) is 19.3 Å². The summed E-state index contributed by atoms with van der Waals surface area (Å²) in [7, 11) is 0. The lowest BCUT2D eigenvalue weighted by atomic mass is 9.98. The number of ether oxygens (including phenoxy) is 2. The number of rotatable bonds is 31. The summed E-state index contributed by atoms with van der Waals surface area (Å²) >= 11 is 0. The fraction of sp³-hybridized carbons (Fsp3) is 0.833. The molecule has 1 heterocycles. The van der Waals surface area contributed by atoms with Crippen LogP contribution in [0, 0.1) is 0 Å². The zero-order valence-electron chi connectivity index (χ0n) is 33.1. The van der Waals surface area contributed by atoms with Crippen molar-refractivity contribution < 1.29 is 58.1 Å². The van der Waals surface area contributed by atoms with Gasteiger partial charge in [0.15, 0.2) is 6.29 Å². The summed E-state index contributed by atoms with van der Waals surface area (Å²) in [4.78, 5) is 13.0. The molecule has 1 amide bonds. The summed E-state index contributed by atoms with van der Waals surface area (Å²) in [5.74, 6) is -0.331. The van der Waals surface area contributed by atoms with E-state index in [1.54, 1.807) is 0 Å². The van der Waals surface area contributed by atoms with Gasteiger partial charge in [0.2, 0.25) is 5.91 Å². The maximum Gasteiger partial charge on any atom is 0.416 e. The third kappa shape index (κ3) is 20.4. The van der Waals surface area contributed by atoms with Crippen molar-refractivity contribution in [3.05, 3.63) is 35.4 Å². The van der Waals surface area contributed by atoms with Crippen molar-refractivity contribution in [1.29, 1.82) is 0 Å². The van der Waals surface area contributed by atoms with Crippen molar-refractivity contribution in [1.82, 2.24) is 5.32 Å². The number of carbonyl (C=O) groups excluding carboxylic acids is 1. The first kappa shape index (κ1) is 49.3. The lowest BCUT2D eigenvalue weighted by Crippen LogP contribution is -2.60. The Kier molecular flexibility index (Phi) is 25.6. The SMILES string of the molecule is CCCCCCCCCCCCCC[C@@H](O)[C@@H](O)[C@H](CO[C@H]1O[C@H](CO)[C@H](O)[C@H](O)[C@H]1O)NC(=O)CCCCCCCCCCc1ccc(C(F)(F)F)cc1. The highest BCUT2D eigenvalue weighted by Gasteiger charge is 2.44. The van der Waals surface area contributed by atoms with Gasteiger partial charge in [-0.05, 0) is 43.4 Å². The first-order valence-electron chi connectivity index (χ1n) is 21.1. The first-order chi connectivity index (χ1) is 26.4. The van der Waals surface area contributed by atoms with E-state index in [1.807, 2.05) is 0 Å². The normalized spacial score (nSPS) is 22.0. The lowest BCUT2D eigenvalue weighted by molar-refractivity contribution is -0.303. The zero-order chi connectivity index (χ0) is 40.5. The van der Waals surface area contributed by atoms with Crippen molar-refractivity contribution in [2.75, 3.05) is 13.2 Å². The van der Waals surface area contributed by atoms with Crippen LogP contribution in [-0.4, -0.2) is 98.7 Å². The van der Waals surface area contributed by atoms with E-state index in [4.69, 9.17) is 9.47 Å². The van der Waals surface area contributed by atoms with Crippen LogP contribution >= 0.6 is 0 Å². The molecular formula is C42H72F3NO9. The summed E-state index contributed by atoms with van der Waals surface area (Å²) in [6, 6.07) is 4.28. The van der Waals surface area contributed by atoms with Gasteiger partial charge in [0, 0.05) is 6.42 Å². The van der Waals surface area contributed by atoms with Crippen LogP contribution in [0.3, 0.4) is 0 Å². The highest BCUT2D eigenvalue weighted by molar-refractivity contribution is 5.76. The molecule has 55 heavy (non-hydrogen) atoms. The molecule has 2 rings (SSSR count). The molecule has 0 aliphatic carbocycles. The molecule has 13 heteroatoms. The molecule has 1 aromatic carbocycles. The molecule has 320 valence electrons. The minimum Gasteiger partial charge on any atom is -0.394 e. The Balaban J connectivity index is 1.71. The van der Waals surface area contributed by atoms with Crippen LogP contribution < -0.4 is 5.32 Å². The van der Waals surface area contributed by atoms with Crippen LogP contribution in [0.1, 0.15) is 159 Å². The van der Waals surface area contributed by atoms with E-state index in [1.165, 1.54) is 63.5 Å². The molecule has 1 aliphatic heterocycles. The van der Waals surface area contributed by atoms with Gasteiger partial charge in [0.25, 0.3) is 0 Å². The maximum absolute atomic E-state index is 13.0. The Morgan fingerprint density at radius 1 is 0.745 bits per heavy atom. The van der Waals surface area contributed by atoms with Crippen LogP contribution in [0.5, 0.6) is 0 Å². The molecule has 8 atom stereocenters. The van der Waals surface area contributed by atoms with Gasteiger partial charge in [-0.2, -0.15) is 13.2 Å². The average molecular weight is 792 g/mol. The zero-order valence-corrected chi connectivity index (χ0v) is 33.1. The van der Waals surface area contributed by atoms with Gasteiger partial charge in [0.05, 0.1) is 30.9 Å². The topological polar surface area (TPSA) is 169 Å². The van der Waals surface area contributed by atoms with E-state index in [0.717, 1.165) is 88.3 Å². The Morgan fingerprint density at radius 2 is 1.25 bits per heavy atom. The van der Waals surface area contributed by atoms with Gasteiger partial charge in [-0.3, -0.25) is 4.79 Å². The third-order valence-corrected chi connectivity index (χ3v) is 10.7. The van der Waals surface area contributed by atoms with E-state index >= 15 is 0 Å². The minimum absolute atomic E-state index is 0.200. The van der Waals surface area contributed by atoms with Crippen LogP contribution in [0.4, 0.5) is 13.2 Å². The van der Waals surface area contributed by atoms with Crippen LogP contribution in [0.15, 0.2) is 24.3 Å². The minimum atomic E-state index is -4.32. The van der Waals surface area contributed by atoms with Crippen molar-refractivity contribution in [2.45, 2.75) is 210 Å². The second-order valence-corrected chi connectivity index (χ2v) is 15.5. The highest BCUT2D eigenvalue weighted by atomic mass is 19.4. The molecule has 1 saturated heterocycles. The largest absolute Gasteiger partial charge is 0.416 e. The molecule has 0 aromatic heterocycles. The maximum atomic E-state index is 13.0. The molecule has 0 unspecified atom stereocenters. The van der Waals surface area contributed by atoms with Crippen LogP contribution in [0.25, 0.3) is 0 Å². The summed E-state index contributed by atoms with van der Waals surface area (Å²) in [6.07, 6.45) is 8.34. The van der Waals surface area contributed by atoms with E-state index in [9.17, 15) is 48.6 Å². The molecule has 0 spiro atoms. The van der Waals surface area contributed by atoms with Crippen LogP contribution in [0.2, 0.25) is 0 Å². The molecule has 0 bridgehead atoms. The number of benzene rings is 1. The predicted octanol–water partition coefficient (Wildman–Crippen LogP) is 6.87. The molecule has 7 N–H and O–H groups in total. The molecule has 10 nitrogen and oxygen atoms in total. The van der Waals surface area contributed by atoms with Crippen molar-refractivity contribution in [3.63, 3.8) is 0 Å². The summed E-state index contributed by atoms with van der Waals surface area (Å²) in [5.41, 5.74) is 0.265. The molecule has 1 aromatic rings. The standard InChI is InChI=1S/C42H72F3NO9/c1-2-3-4-5-6-7-8-9-10-14-17-20-23-34(48)37(50)33(30-54-41-40(53)39(52)38(51)35(29-47)55-41)46-36(49)24-21-18-15-12-11-13-16-19-22-31-25-27-32(28-26-31)42(43,44)45/h25-28,33-35,37-41,47-48,50-53H,2-24,29-30H2,1H3,(H,46,49)/t33-,34+,35+,37-,38-,39-,40+,41-/m0/s1. The molecule has 1 fully saturated rings. The lowest BCUT2D eigenvalue weighted by Gasteiger charge is -2.40. The van der Waals surface area contributed by atoms with E-state index < -0.39 is 67.3 Å². The summed E-state index contributed by atoms with van der Waals surface area (Å²) in [6.45, 7) is 1.24.